The van der Waals surface area contributed by atoms with Gasteiger partial charge in [0.05, 0.1) is 16.8 Å². The SMILES string of the molecule is COc1ccc(SCCCC(=O)N2CCN(c3nc4c(Cl)cccc4s3)CC2)cc1. The second kappa shape index (κ2) is 9.90. The third kappa shape index (κ3) is 5.02. The highest BCUT2D eigenvalue weighted by atomic mass is 35.5. The number of hydrogen-bond acceptors (Lipinski definition) is 6. The first-order valence-corrected chi connectivity index (χ1v) is 12.2. The molecule has 1 aliphatic rings. The zero-order valence-electron chi connectivity index (χ0n) is 16.8. The molecule has 1 amide bonds. The Kier molecular flexibility index (Phi) is 7.02. The van der Waals surface area contributed by atoms with Gasteiger partial charge in [-0.3, -0.25) is 4.79 Å². The molecule has 4 rings (SSSR count). The van der Waals surface area contributed by atoms with Crippen molar-refractivity contribution in [2.24, 2.45) is 0 Å². The minimum absolute atomic E-state index is 0.248. The van der Waals surface area contributed by atoms with Gasteiger partial charge in [-0.1, -0.05) is 29.0 Å². The van der Waals surface area contributed by atoms with Crippen molar-refractivity contribution in [1.29, 1.82) is 0 Å². The van der Waals surface area contributed by atoms with E-state index < -0.39 is 0 Å². The van der Waals surface area contributed by atoms with E-state index in [1.54, 1.807) is 30.2 Å². The van der Waals surface area contributed by atoms with Gasteiger partial charge in [0.2, 0.25) is 5.91 Å². The molecule has 1 aliphatic heterocycles. The number of amides is 1. The lowest BCUT2D eigenvalue weighted by atomic mass is 10.2. The molecule has 0 atom stereocenters. The Morgan fingerprint density at radius 1 is 1.17 bits per heavy atom. The zero-order valence-corrected chi connectivity index (χ0v) is 19.2. The maximum Gasteiger partial charge on any atom is 0.222 e. The van der Waals surface area contributed by atoms with Crippen LogP contribution >= 0.6 is 34.7 Å². The molecule has 0 spiro atoms. The number of carbonyl (C=O) groups excluding carboxylic acids is 1. The molecule has 0 radical (unpaired) electrons. The van der Waals surface area contributed by atoms with Crippen molar-refractivity contribution in [3.05, 3.63) is 47.5 Å². The van der Waals surface area contributed by atoms with Gasteiger partial charge in [0.15, 0.2) is 5.13 Å². The number of thiazole rings is 1. The van der Waals surface area contributed by atoms with Crippen LogP contribution in [0.3, 0.4) is 0 Å². The normalized spacial score (nSPS) is 14.3. The first kappa shape index (κ1) is 21.3. The average molecular weight is 462 g/mol. The monoisotopic (exact) mass is 461 g/mol. The number of rotatable bonds is 7. The number of methoxy groups -OCH3 is 1. The van der Waals surface area contributed by atoms with Crippen LogP contribution in [0, 0.1) is 0 Å². The summed E-state index contributed by atoms with van der Waals surface area (Å²) in [7, 11) is 1.67. The highest BCUT2D eigenvalue weighted by Crippen LogP contribution is 2.33. The number of hydrogen-bond donors (Lipinski definition) is 0. The molecule has 0 aliphatic carbocycles. The predicted octanol–water partition coefficient (Wildman–Crippen LogP) is 5.18. The Bertz CT molecular complexity index is 1000. The van der Waals surface area contributed by atoms with Crippen molar-refractivity contribution in [2.75, 3.05) is 43.9 Å². The van der Waals surface area contributed by atoms with E-state index in [1.807, 2.05) is 35.2 Å². The number of nitrogens with zero attached hydrogens (tertiary/aromatic N) is 3. The van der Waals surface area contributed by atoms with Gasteiger partial charge in [-0.05, 0) is 48.6 Å². The molecule has 1 aromatic heterocycles. The molecule has 158 valence electrons. The molecule has 0 N–H and O–H groups in total. The van der Waals surface area contributed by atoms with Crippen LogP contribution in [-0.4, -0.2) is 54.8 Å². The van der Waals surface area contributed by atoms with Gasteiger partial charge >= 0.3 is 0 Å². The molecule has 8 heteroatoms. The molecule has 3 aromatic rings. The van der Waals surface area contributed by atoms with Crippen LogP contribution in [0.15, 0.2) is 47.4 Å². The average Bonchev–Trinajstić information content (AvgIpc) is 3.23. The Balaban J connectivity index is 1.21. The first-order chi connectivity index (χ1) is 14.6. The molecule has 5 nitrogen and oxygen atoms in total. The summed E-state index contributed by atoms with van der Waals surface area (Å²) in [6.07, 6.45) is 1.48. The molecule has 0 saturated carbocycles. The van der Waals surface area contributed by atoms with Gasteiger partial charge < -0.3 is 14.5 Å². The Morgan fingerprint density at radius 3 is 2.63 bits per heavy atom. The molecular weight excluding hydrogens is 438 g/mol. The molecular formula is C22H24ClN3O2S2. The summed E-state index contributed by atoms with van der Waals surface area (Å²) in [6, 6.07) is 13.9. The van der Waals surface area contributed by atoms with Crippen LogP contribution < -0.4 is 9.64 Å². The van der Waals surface area contributed by atoms with Crippen LogP contribution in [0.2, 0.25) is 5.02 Å². The summed E-state index contributed by atoms with van der Waals surface area (Å²) in [5.41, 5.74) is 0.868. The minimum atomic E-state index is 0.248. The highest BCUT2D eigenvalue weighted by Gasteiger charge is 2.23. The third-order valence-corrected chi connectivity index (χ3v) is 7.61. The van der Waals surface area contributed by atoms with Crippen LogP contribution in [0.25, 0.3) is 10.2 Å². The van der Waals surface area contributed by atoms with E-state index in [2.05, 4.69) is 17.0 Å². The van der Waals surface area contributed by atoms with Crippen molar-refractivity contribution in [3.63, 3.8) is 0 Å². The fourth-order valence-corrected chi connectivity index (χ4v) is 5.60. The van der Waals surface area contributed by atoms with Crippen molar-refractivity contribution >= 4 is 56.0 Å². The topological polar surface area (TPSA) is 45.7 Å². The van der Waals surface area contributed by atoms with Crippen molar-refractivity contribution in [2.45, 2.75) is 17.7 Å². The second-order valence-corrected chi connectivity index (χ2v) is 9.66. The number of carbonyl (C=O) groups is 1. The van der Waals surface area contributed by atoms with Gasteiger partial charge in [-0.2, -0.15) is 0 Å². The molecule has 2 heterocycles. The van der Waals surface area contributed by atoms with Crippen LogP contribution in [0.5, 0.6) is 5.75 Å². The van der Waals surface area contributed by atoms with Gasteiger partial charge in [-0.15, -0.1) is 11.8 Å². The minimum Gasteiger partial charge on any atom is -0.497 e. The van der Waals surface area contributed by atoms with Gasteiger partial charge in [-0.25, -0.2) is 4.98 Å². The fourth-order valence-electron chi connectivity index (χ4n) is 3.43. The van der Waals surface area contributed by atoms with Gasteiger partial charge in [0, 0.05) is 37.5 Å². The number of fused-ring (bicyclic) bond motifs is 1. The maximum absolute atomic E-state index is 12.6. The quantitative estimate of drug-likeness (QED) is 0.358. The van der Waals surface area contributed by atoms with E-state index in [-0.39, 0.29) is 5.91 Å². The van der Waals surface area contributed by atoms with E-state index in [1.165, 1.54) is 4.90 Å². The highest BCUT2D eigenvalue weighted by molar-refractivity contribution is 7.99. The largest absolute Gasteiger partial charge is 0.497 e. The lowest BCUT2D eigenvalue weighted by Gasteiger charge is -2.34. The van der Waals surface area contributed by atoms with E-state index in [0.717, 1.165) is 59.5 Å². The zero-order chi connectivity index (χ0) is 20.9. The van der Waals surface area contributed by atoms with Crippen LogP contribution in [-0.2, 0) is 4.79 Å². The van der Waals surface area contributed by atoms with Crippen LogP contribution in [0.1, 0.15) is 12.8 Å². The number of anilines is 1. The summed E-state index contributed by atoms with van der Waals surface area (Å²) in [5, 5.41) is 1.68. The van der Waals surface area contributed by atoms with Crippen molar-refractivity contribution in [3.8, 4) is 5.75 Å². The fraction of sp³-hybridized carbons (Fsp3) is 0.364. The van der Waals surface area contributed by atoms with E-state index in [9.17, 15) is 4.79 Å². The standard InChI is InChI=1S/C22H24ClN3O2S2/c1-28-16-7-9-17(10-8-16)29-15-3-6-20(27)25-11-13-26(14-12-25)22-24-21-18(23)4-2-5-19(21)30-22/h2,4-5,7-10H,3,6,11-15H2,1H3. The number of para-hydroxylation sites is 1. The van der Waals surface area contributed by atoms with Crippen molar-refractivity contribution in [1.82, 2.24) is 9.88 Å². The number of aromatic nitrogens is 1. The molecule has 1 saturated heterocycles. The predicted molar refractivity (Wildman–Crippen MR) is 126 cm³/mol. The first-order valence-electron chi connectivity index (χ1n) is 9.98. The lowest BCUT2D eigenvalue weighted by Crippen LogP contribution is -2.48. The molecule has 1 fully saturated rings. The van der Waals surface area contributed by atoms with Gasteiger partial charge in [0.25, 0.3) is 0 Å². The Labute approximate surface area is 190 Å². The number of thioether (sulfide) groups is 1. The molecule has 2 aromatic carbocycles. The Morgan fingerprint density at radius 2 is 1.93 bits per heavy atom. The summed E-state index contributed by atoms with van der Waals surface area (Å²) >= 11 is 9.69. The van der Waals surface area contributed by atoms with Gasteiger partial charge in [0.1, 0.15) is 11.3 Å². The third-order valence-electron chi connectivity index (χ3n) is 5.12. The van der Waals surface area contributed by atoms with Crippen LogP contribution in [0.4, 0.5) is 5.13 Å². The number of piperazine rings is 1. The number of ether oxygens (including phenoxy) is 1. The smallest absolute Gasteiger partial charge is 0.222 e. The summed E-state index contributed by atoms with van der Waals surface area (Å²) < 4.78 is 6.28. The Hall–Kier alpha value is -1.96. The van der Waals surface area contributed by atoms with Crippen molar-refractivity contribution < 1.29 is 9.53 Å². The molecule has 30 heavy (non-hydrogen) atoms. The van der Waals surface area contributed by atoms with E-state index >= 15 is 0 Å². The summed E-state index contributed by atoms with van der Waals surface area (Å²) in [6.45, 7) is 3.11. The summed E-state index contributed by atoms with van der Waals surface area (Å²) in [5.74, 6) is 2.05. The number of benzene rings is 2. The summed E-state index contributed by atoms with van der Waals surface area (Å²) in [4.78, 5) is 22.7. The number of halogens is 1. The molecule has 0 unspecified atom stereocenters. The molecule has 0 bridgehead atoms. The lowest BCUT2D eigenvalue weighted by molar-refractivity contribution is -0.131. The van der Waals surface area contributed by atoms with E-state index in [4.69, 9.17) is 21.3 Å². The maximum atomic E-state index is 12.6. The second-order valence-electron chi connectivity index (χ2n) is 7.08. The van der Waals surface area contributed by atoms with E-state index in [0.29, 0.717) is 11.4 Å².